The molecule has 1 N–H and O–H groups in total. The highest BCUT2D eigenvalue weighted by Crippen LogP contribution is 2.26. The van der Waals surface area contributed by atoms with Gasteiger partial charge in [-0.25, -0.2) is 0 Å². The number of carbonyl (C=O) groups is 1. The zero-order valence-electron chi connectivity index (χ0n) is 16.3. The van der Waals surface area contributed by atoms with Crippen LogP contribution >= 0.6 is 0 Å². The second kappa shape index (κ2) is 7.82. The van der Waals surface area contributed by atoms with Crippen molar-refractivity contribution in [2.45, 2.75) is 52.7 Å². The SMILES string of the molecule is Cc1c(COc2ccc(C(C)CC(=O)O)cc2)ccc2cnn(C(C)C)c12. The highest BCUT2D eigenvalue weighted by Gasteiger charge is 2.13. The number of carboxylic acids is 1. The van der Waals surface area contributed by atoms with E-state index in [0.29, 0.717) is 12.6 Å². The molecule has 0 aliphatic rings. The maximum Gasteiger partial charge on any atom is 0.303 e. The number of nitrogens with zero attached hydrogens (tertiary/aromatic N) is 2. The van der Waals surface area contributed by atoms with Crippen LogP contribution in [0.2, 0.25) is 0 Å². The fourth-order valence-corrected chi connectivity index (χ4v) is 3.33. The molecule has 5 nitrogen and oxygen atoms in total. The summed E-state index contributed by atoms with van der Waals surface area (Å²) in [5.41, 5.74) is 4.48. The summed E-state index contributed by atoms with van der Waals surface area (Å²) in [4.78, 5) is 10.8. The first-order valence-electron chi connectivity index (χ1n) is 9.27. The van der Waals surface area contributed by atoms with Crippen molar-refractivity contribution in [3.8, 4) is 5.75 Å². The van der Waals surface area contributed by atoms with E-state index in [-0.39, 0.29) is 12.3 Å². The standard InChI is InChI=1S/C22H26N2O3/c1-14(2)24-22-16(4)19(6-5-18(22)12-23-24)13-27-20-9-7-17(8-10-20)15(3)11-21(25)26/h5-10,12,14-15H,11,13H2,1-4H3,(H,25,26). The van der Waals surface area contributed by atoms with Crippen LogP contribution in [-0.2, 0) is 11.4 Å². The van der Waals surface area contributed by atoms with Gasteiger partial charge in [0.15, 0.2) is 0 Å². The largest absolute Gasteiger partial charge is 0.489 e. The molecular weight excluding hydrogens is 340 g/mol. The lowest BCUT2D eigenvalue weighted by Crippen LogP contribution is -2.05. The molecule has 0 spiro atoms. The first-order chi connectivity index (χ1) is 12.9. The Kier molecular flexibility index (Phi) is 5.49. The number of hydrogen-bond donors (Lipinski definition) is 1. The van der Waals surface area contributed by atoms with Crippen molar-refractivity contribution in [2.24, 2.45) is 0 Å². The molecule has 1 atom stereocenters. The number of aliphatic carboxylic acids is 1. The molecule has 0 aliphatic heterocycles. The molecule has 1 aromatic heterocycles. The zero-order chi connectivity index (χ0) is 19.6. The summed E-state index contributed by atoms with van der Waals surface area (Å²) in [6.07, 6.45) is 2.03. The van der Waals surface area contributed by atoms with Crippen LogP contribution in [0.1, 0.15) is 55.8 Å². The molecule has 0 aliphatic carbocycles. The fraction of sp³-hybridized carbons (Fsp3) is 0.364. The summed E-state index contributed by atoms with van der Waals surface area (Å²) in [5.74, 6) is -0.0232. The average Bonchev–Trinajstić information content (AvgIpc) is 3.06. The smallest absolute Gasteiger partial charge is 0.303 e. The molecule has 3 rings (SSSR count). The summed E-state index contributed by atoms with van der Waals surface area (Å²) < 4.78 is 8.02. The lowest BCUT2D eigenvalue weighted by atomic mass is 9.98. The molecule has 3 aromatic rings. The van der Waals surface area contributed by atoms with E-state index in [1.54, 1.807) is 0 Å². The van der Waals surface area contributed by atoms with Crippen molar-refractivity contribution >= 4 is 16.9 Å². The van der Waals surface area contributed by atoms with Crippen molar-refractivity contribution in [1.29, 1.82) is 0 Å². The summed E-state index contributed by atoms with van der Waals surface area (Å²) in [6, 6.07) is 12.2. The van der Waals surface area contributed by atoms with Crippen LogP contribution in [0, 0.1) is 6.92 Å². The van der Waals surface area contributed by atoms with Gasteiger partial charge in [-0.05, 0) is 55.5 Å². The number of fused-ring (bicyclic) bond motifs is 1. The number of ether oxygens (including phenoxy) is 1. The van der Waals surface area contributed by atoms with Crippen molar-refractivity contribution in [2.75, 3.05) is 0 Å². The Bertz CT molecular complexity index is 942. The van der Waals surface area contributed by atoms with E-state index < -0.39 is 5.97 Å². The minimum Gasteiger partial charge on any atom is -0.489 e. The van der Waals surface area contributed by atoms with E-state index in [4.69, 9.17) is 9.84 Å². The summed E-state index contributed by atoms with van der Waals surface area (Å²) in [7, 11) is 0. The van der Waals surface area contributed by atoms with Crippen LogP contribution in [0.3, 0.4) is 0 Å². The van der Waals surface area contributed by atoms with E-state index in [2.05, 4.69) is 38.0 Å². The van der Waals surface area contributed by atoms with Crippen molar-refractivity contribution < 1.29 is 14.6 Å². The molecule has 1 unspecified atom stereocenters. The van der Waals surface area contributed by atoms with Gasteiger partial charge in [-0.3, -0.25) is 9.48 Å². The number of hydrogen-bond acceptors (Lipinski definition) is 3. The van der Waals surface area contributed by atoms with Gasteiger partial charge < -0.3 is 9.84 Å². The molecule has 0 amide bonds. The molecule has 0 radical (unpaired) electrons. The van der Waals surface area contributed by atoms with Gasteiger partial charge in [0, 0.05) is 11.4 Å². The Hall–Kier alpha value is -2.82. The van der Waals surface area contributed by atoms with E-state index >= 15 is 0 Å². The summed E-state index contributed by atoms with van der Waals surface area (Å²) in [6.45, 7) is 8.76. The molecule has 0 bridgehead atoms. The first kappa shape index (κ1) is 19.0. The van der Waals surface area contributed by atoms with Gasteiger partial charge in [-0.2, -0.15) is 5.10 Å². The molecule has 5 heteroatoms. The third-order valence-electron chi connectivity index (χ3n) is 4.94. The molecule has 1 heterocycles. The number of carboxylic acid groups (broad SMARTS) is 1. The topological polar surface area (TPSA) is 64.3 Å². The van der Waals surface area contributed by atoms with Crippen LogP contribution in [0.4, 0.5) is 0 Å². The van der Waals surface area contributed by atoms with Crippen molar-refractivity contribution in [3.05, 3.63) is 59.3 Å². The van der Waals surface area contributed by atoms with E-state index in [0.717, 1.165) is 27.8 Å². The highest BCUT2D eigenvalue weighted by atomic mass is 16.5. The quantitative estimate of drug-likeness (QED) is 0.633. The maximum absolute atomic E-state index is 10.8. The Morgan fingerprint density at radius 1 is 1.15 bits per heavy atom. The van der Waals surface area contributed by atoms with Crippen LogP contribution in [0.15, 0.2) is 42.6 Å². The Labute approximate surface area is 159 Å². The van der Waals surface area contributed by atoms with Gasteiger partial charge in [0.05, 0.1) is 18.1 Å². The second-order valence-electron chi connectivity index (χ2n) is 7.33. The minimum atomic E-state index is -0.783. The van der Waals surface area contributed by atoms with Crippen LogP contribution in [-0.4, -0.2) is 20.9 Å². The third kappa shape index (κ3) is 4.13. The fourth-order valence-electron chi connectivity index (χ4n) is 3.33. The molecule has 0 fully saturated rings. The van der Waals surface area contributed by atoms with Crippen molar-refractivity contribution in [1.82, 2.24) is 9.78 Å². The van der Waals surface area contributed by atoms with E-state index in [1.807, 2.05) is 42.1 Å². The first-order valence-corrected chi connectivity index (χ1v) is 9.27. The average molecular weight is 366 g/mol. The number of aryl methyl sites for hydroxylation is 1. The minimum absolute atomic E-state index is 0.0162. The third-order valence-corrected chi connectivity index (χ3v) is 4.94. The number of benzene rings is 2. The molecule has 2 aromatic carbocycles. The maximum atomic E-state index is 10.8. The summed E-state index contributed by atoms with van der Waals surface area (Å²) >= 11 is 0. The Balaban J connectivity index is 1.74. The molecule has 0 saturated heterocycles. The highest BCUT2D eigenvalue weighted by molar-refractivity contribution is 5.83. The van der Waals surface area contributed by atoms with Crippen LogP contribution in [0.25, 0.3) is 10.9 Å². The molecule has 27 heavy (non-hydrogen) atoms. The van der Waals surface area contributed by atoms with Crippen LogP contribution in [0.5, 0.6) is 5.75 Å². The second-order valence-corrected chi connectivity index (χ2v) is 7.33. The normalized spacial score (nSPS) is 12.5. The van der Waals surface area contributed by atoms with E-state index in [9.17, 15) is 4.79 Å². The molecule has 142 valence electrons. The number of aromatic nitrogens is 2. The van der Waals surface area contributed by atoms with E-state index in [1.165, 1.54) is 5.56 Å². The predicted octanol–water partition coefficient (Wildman–Crippen LogP) is 5.08. The van der Waals surface area contributed by atoms with Gasteiger partial charge in [-0.15, -0.1) is 0 Å². The lowest BCUT2D eigenvalue weighted by molar-refractivity contribution is -0.137. The van der Waals surface area contributed by atoms with Gasteiger partial charge in [-0.1, -0.05) is 31.2 Å². The molecular formula is C22H26N2O3. The summed E-state index contributed by atoms with van der Waals surface area (Å²) in [5, 5.41) is 14.6. The van der Waals surface area contributed by atoms with Gasteiger partial charge in [0.2, 0.25) is 0 Å². The van der Waals surface area contributed by atoms with Gasteiger partial charge in [0.1, 0.15) is 12.4 Å². The Morgan fingerprint density at radius 3 is 2.48 bits per heavy atom. The van der Waals surface area contributed by atoms with Gasteiger partial charge in [0.25, 0.3) is 0 Å². The zero-order valence-corrected chi connectivity index (χ0v) is 16.3. The van der Waals surface area contributed by atoms with Gasteiger partial charge >= 0.3 is 5.97 Å². The van der Waals surface area contributed by atoms with Crippen molar-refractivity contribution in [3.63, 3.8) is 0 Å². The molecule has 0 saturated carbocycles. The predicted molar refractivity (Wildman–Crippen MR) is 106 cm³/mol. The number of rotatable bonds is 7. The lowest BCUT2D eigenvalue weighted by Gasteiger charge is -2.14. The van der Waals surface area contributed by atoms with Crippen LogP contribution < -0.4 is 4.74 Å². The Morgan fingerprint density at radius 2 is 1.85 bits per heavy atom. The monoisotopic (exact) mass is 366 g/mol.